The van der Waals surface area contributed by atoms with Crippen LogP contribution in [0, 0.1) is 19.8 Å². The minimum atomic E-state index is -3.84. The zero-order valence-electron chi connectivity index (χ0n) is 21.0. The van der Waals surface area contributed by atoms with E-state index in [9.17, 15) is 18.0 Å². The summed E-state index contributed by atoms with van der Waals surface area (Å²) in [4.78, 5) is 29.3. The minimum Gasteiger partial charge on any atom is -0.482 e. The molecule has 0 saturated carbocycles. The molecule has 3 aliphatic heterocycles. The number of fused-ring (bicyclic) bond motifs is 1. The Labute approximate surface area is 222 Å². The van der Waals surface area contributed by atoms with E-state index in [1.54, 1.807) is 13.0 Å². The van der Waals surface area contributed by atoms with Crippen LogP contribution in [0.1, 0.15) is 24.0 Å². The van der Waals surface area contributed by atoms with Crippen LogP contribution in [0.4, 0.5) is 11.4 Å². The van der Waals surface area contributed by atoms with Gasteiger partial charge in [0.05, 0.1) is 16.5 Å². The molecule has 2 aromatic rings. The molecule has 11 heteroatoms. The van der Waals surface area contributed by atoms with Gasteiger partial charge in [-0.2, -0.15) is 4.31 Å². The lowest BCUT2D eigenvalue weighted by Gasteiger charge is -2.40. The molecular formula is C26H31ClN4O5S. The number of sulfonamides is 1. The molecule has 37 heavy (non-hydrogen) atoms. The van der Waals surface area contributed by atoms with Gasteiger partial charge in [0.25, 0.3) is 5.91 Å². The maximum absolute atomic E-state index is 13.6. The highest BCUT2D eigenvalue weighted by Crippen LogP contribution is 2.35. The number of ether oxygens (including phenoxy) is 1. The summed E-state index contributed by atoms with van der Waals surface area (Å²) < 4.78 is 34.1. The fraction of sp³-hybridized carbons (Fsp3) is 0.462. The van der Waals surface area contributed by atoms with Gasteiger partial charge in [0.2, 0.25) is 15.9 Å². The summed E-state index contributed by atoms with van der Waals surface area (Å²) in [6.45, 7) is 6.68. The normalized spacial score (nSPS) is 20.7. The molecule has 2 saturated heterocycles. The van der Waals surface area contributed by atoms with E-state index in [0.717, 1.165) is 11.3 Å². The number of rotatable bonds is 4. The molecule has 9 nitrogen and oxygen atoms in total. The van der Waals surface area contributed by atoms with E-state index < -0.39 is 10.0 Å². The van der Waals surface area contributed by atoms with Gasteiger partial charge in [-0.25, -0.2) is 8.42 Å². The molecule has 0 radical (unpaired) electrons. The maximum atomic E-state index is 13.6. The third kappa shape index (κ3) is 5.15. The fourth-order valence-corrected chi connectivity index (χ4v) is 7.26. The van der Waals surface area contributed by atoms with Gasteiger partial charge in [-0.05, 0) is 56.0 Å². The van der Waals surface area contributed by atoms with Gasteiger partial charge in [0, 0.05) is 56.0 Å². The predicted octanol–water partition coefficient (Wildman–Crippen LogP) is 3.04. The first-order valence-electron chi connectivity index (χ1n) is 12.5. The Hall–Kier alpha value is -2.82. The lowest BCUT2D eigenvalue weighted by atomic mass is 9.97. The van der Waals surface area contributed by atoms with E-state index in [4.69, 9.17) is 16.3 Å². The Morgan fingerprint density at radius 3 is 2.57 bits per heavy atom. The van der Waals surface area contributed by atoms with Crippen molar-refractivity contribution in [2.45, 2.75) is 31.6 Å². The molecule has 0 bridgehead atoms. The van der Waals surface area contributed by atoms with E-state index in [-0.39, 0.29) is 35.8 Å². The summed E-state index contributed by atoms with van der Waals surface area (Å²) in [6, 6.07) is 8.92. The number of nitrogens with zero attached hydrogens (tertiary/aromatic N) is 3. The Kier molecular flexibility index (Phi) is 7.08. The molecule has 3 aliphatic rings. The first-order valence-corrected chi connectivity index (χ1v) is 14.3. The molecular weight excluding hydrogens is 516 g/mol. The first kappa shape index (κ1) is 25.8. The van der Waals surface area contributed by atoms with Gasteiger partial charge in [-0.3, -0.25) is 9.59 Å². The van der Waals surface area contributed by atoms with Gasteiger partial charge in [0.1, 0.15) is 5.75 Å². The number of hydrogen-bond donors (Lipinski definition) is 1. The van der Waals surface area contributed by atoms with Gasteiger partial charge >= 0.3 is 0 Å². The summed E-state index contributed by atoms with van der Waals surface area (Å²) in [7, 11) is -3.84. The number of hydrogen-bond acceptors (Lipinski definition) is 6. The third-order valence-electron chi connectivity index (χ3n) is 7.36. The van der Waals surface area contributed by atoms with E-state index in [1.165, 1.54) is 10.4 Å². The number of anilines is 2. The van der Waals surface area contributed by atoms with Crippen molar-refractivity contribution in [1.82, 2.24) is 9.21 Å². The third-order valence-corrected chi connectivity index (χ3v) is 9.61. The summed E-state index contributed by atoms with van der Waals surface area (Å²) in [5.41, 5.74) is 3.21. The molecule has 3 heterocycles. The van der Waals surface area contributed by atoms with Crippen molar-refractivity contribution in [3.8, 4) is 5.75 Å². The zero-order chi connectivity index (χ0) is 26.3. The van der Waals surface area contributed by atoms with Crippen LogP contribution >= 0.6 is 11.6 Å². The van der Waals surface area contributed by atoms with Crippen molar-refractivity contribution in [3.63, 3.8) is 0 Å². The zero-order valence-corrected chi connectivity index (χ0v) is 22.6. The van der Waals surface area contributed by atoms with E-state index in [2.05, 4.69) is 10.2 Å². The van der Waals surface area contributed by atoms with E-state index in [0.29, 0.717) is 67.6 Å². The van der Waals surface area contributed by atoms with Crippen molar-refractivity contribution in [2.75, 3.05) is 56.1 Å². The number of nitrogens with one attached hydrogen (secondary N) is 1. The second-order valence-electron chi connectivity index (χ2n) is 9.90. The van der Waals surface area contributed by atoms with Crippen LogP contribution < -0.4 is 15.0 Å². The van der Waals surface area contributed by atoms with Crippen molar-refractivity contribution >= 4 is 44.8 Å². The number of piperidine rings is 1. The molecule has 0 aliphatic carbocycles. The maximum Gasteiger partial charge on any atom is 0.262 e. The summed E-state index contributed by atoms with van der Waals surface area (Å²) >= 11 is 6.19. The second-order valence-corrected chi connectivity index (χ2v) is 12.2. The molecule has 2 aromatic carbocycles. The number of benzene rings is 2. The van der Waals surface area contributed by atoms with Crippen LogP contribution in [0.2, 0.25) is 5.02 Å². The highest BCUT2D eigenvalue weighted by Gasteiger charge is 2.37. The van der Waals surface area contributed by atoms with Crippen molar-refractivity contribution in [1.29, 1.82) is 0 Å². The largest absolute Gasteiger partial charge is 0.482 e. The smallest absolute Gasteiger partial charge is 0.262 e. The molecule has 1 N–H and O–H groups in total. The number of carbonyl (C=O) groups excluding carboxylic acids is 2. The second kappa shape index (κ2) is 10.2. The van der Waals surface area contributed by atoms with Crippen LogP contribution in [0.5, 0.6) is 5.75 Å². The van der Waals surface area contributed by atoms with Crippen molar-refractivity contribution < 1.29 is 22.7 Å². The van der Waals surface area contributed by atoms with E-state index in [1.807, 2.05) is 30.0 Å². The Morgan fingerprint density at radius 1 is 1.05 bits per heavy atom. The van der Waals surface area contributed by atoms with Gasteiger partial charge in [-0.15, -0.1) is 0 Å². The molecule has 2 amide bonds. The average molecular weight is 547 g/mol. The SMILES string of the molecule is Cc1ccc(Cl)cc1N1CCN(C(=O)[C@@H]2CCCN(S(=O)(=O)c3cc4c(cc3C)NC(=O)CO4)C2)CC1. The average Bonchev–Trinajstić information content (AvgIpc) is 2.89. The standard InChI is InChI=1S/C26H31ClN4O5S/c1-17-5-6-20(27)13-22(17)29-8-10-30(11-9-29)26(33)19-4-3-7-31(15-19)37(34,35)24-14-23-21(12-18(24)2)28-25(32)16-36-23/h5-6,12-14,19H,3-4,7-11,15-16H2,1-2H3,(H,28,32)/t19-/m1/s1. The Balaban J connectivity index is 1.26. The molecule has 0 spiro atoms. The van der Waals surface area contributed by atoms with Crippen LogP contribution in [0.3, 0.4) is 0 Å². The minimum absolute atomic E-state index is 0.00979. The van der Waals surface area contributed by atoms with Crippen molar-refractivity contribution in [3.05, 3.63) is 46.5 Å². The number of aryl methyl sites for hydroxylation is 2. The van der Waals surface area contributed by atoms with Crippen LogP contribution in [-0.2, 0) is 19.6 Å². The van der Waals surface area contributed by atoms with Gasteiger partial charge < -0.3 is 19.9 Å². The molecule has 198 valence electrons. The molecule has 0 unspecified atom stereocenters. The van der Waals surface area contributed by atoms with Crippen LogP contribution in [-0.4, -0.2) is 75.3 Å². The quantitative estimate of drug-likeness (QED) is 0.633. The number of piperazine rings is 1. The molecule has 1 atom stereocenters. The fourth-order valence-electron chi connectivity index (χ4n) is 5.34. The number of carbonyl (C=O) groups is 2. The number of halogens is 1. The summed E-state index contributed by atoms with van der Waals surface area (Å²) in [5.74, 6) is -0.309. The van der Waals surface area contributed by atoms with Crippen LogP contribution in [0.15, 0.2) is 35.2 Å². The Morgan fingerprint density at radius 2 is 1.81 bits per heavy atom. The van der Waals surface area contributed by atoms with Gasteiger partial charge in [0.15, 0.2) is 6.61 Å². The highest BCUT2D eigenvalue weighted by molar-refractivity contribution is 7.89. The van der Waals surface area contributed by atoms with Crippen molar-refractivity contribution in [2.24, 2.45) is 5.92 Å². The lowest BCUT2D eigenvalue weighted by Crippen LogP contribution is -2.53. The van der Waals surface area contributed by atoms with Crippen LogP contribution in [0.25, 0.3) is 0 Å². The molecule has 0 aromatic heterocycles. The summed E-state index contributed by atoms with van der Waals surface area (Å²) in [6.07, 6.45) is 1.28. The first-order chi connectivity index (χ1) is 17.6. The molecule has 5 rings (SSSR count). The topological polar surface area (TPSA) is 99.3 Å². The lowest BCUT2D eigenvalue weighted by molar-refractivity contribution is -0.137. The summed E-state index contributed by atoms with van der Waals surface area (Å²) in [5, 5.41) is 3.39. The predicted molar refractivity (Wildman–Crippen MR) is 142 cm³/mol. The highest BCUT2D eigenvalue weighted by atomic mass is 35.5. The number of amides is 2. The van der Waals surface area contributed by atoms with E-state index >= 15 is 0 Å². The molecule has 2 fully saturated rings. The van der Waals surface area contributed by atoms with Gasteiger partial charge in [-0.1, -0.05) is 17.7 Å². The monoisotopic (exact) mass is 546 g/mol. The Bertz CT molecular complexity index is 1340.